The number of nitrogens with zero attached hydrogens (tertiary/aromatic N) is 3. The van der Waals surface area contributed by atoms with Gasteiger partial charge in [0.05, 0.1) is 12.8 Å². The Kier molecular flexibility index (Phi) is 3.65. The maximum atomic E-state index is 8.73. The first-order chi connectivity index (χ1) is 5.88. The summed E-state index contributed by atoms with van der Waals surface area (Å²) in [7, 11) is 0. The lowest BCUT2D eigenvalue weighted by Gasteiger charge is -2.26. The van der Waals surface area contributed by atoms with Crippen molar-refractivity contribution in [2.75, 3.05) is 13.1 Å². The van der Waals surface area contributed by atoms with Crippen molar-refractivity contribution in [3.05, 3.63) is 11.9 Å². The third-order valence-corrected chi connectivity index (χ3v) is 2.06. The molecule has 0 bridgehead atoms. The van der Waals surface area contributed by atoms with Crippen LogP contribution in [0.4, 0.5) is 0 Å². The van der Waals surface area contributed by atoms with Gasteiger partial charge in [-0.2, -0.15) is 0 Å². The molecule has 1 aliphatic rings. The predicted octanol–water partition coefficient (Wildman–Crippen LogP) is -0.588. The number of rotatable bonds is 3. The standard InChI is InChI=1S/C7H12N4O.ClH/c12-5-7-4-11(10-9-7)3-6-1-8-2-6;/h4,6,8,12H,1-3,5H2;1H. The molecular weight excluding hydrogens is 192 g/mol. The molecule has 1 fully saturated rings. The van der Waals surface area contributed by atoms with Gasteiger partial charge in [0.2, 0.25) is 0 Å². The Balaban J connectivity index is 0.000000845. The van der Waals surface area contributed by atoms with E-state index in [0.717, 1.165) is 19.6 Å². The first kappa shape index (κ1) is 10.4. The maximum Gasteiger partial charge on any atom is 0.108 e. The number of aromatic nitrogens is 3. The zero-order valence-electron chi connectivity index (χ0n) is 7.18. The first-order valence-electron chi connectivity index (χ1n) is 4.09. The first-order valence-corrected chi connectivity index (χ1v) is 4.09. The quantitative estimate of drug-likeness (QED) is 0.691. The summed E-state index contributed by atoms with van der Waals surface area (Å²) in [4.78, 5) is 0. The van der Waals surface area contributed by atoms with Crippen LogP contribution >= 0.6 is 12.4 Å². The lowest BCUT2D eigenvalue weighted by atomic mass is 10.0. The fourth-order valence-electron chi connectivity index (χ4n) is 1.24. The van der Waals surface area contributed by atoms with Crippen molar-refractivity contribution in [1.82, 2.24) is 20.3 Å². The van der Waals surface area contributed by atoms with Crippen molar-refractivity contribution in [2.45, 2.75) is 13.2 Å². The van der Waals surface area contributed by atoms with E-state index in [4.69, 9.17) is 5.11 Å². The second kappa shape index (κ2) is 4.55. The Morgan fingerprint density at radius 3 is 2.85 bits per heavy atom. The summed E-state index contributed by atoms with van der Waals surface area (Å²) in [5, 5.41) is 19.6. The molecule has 0 radical (unpaired) electrons. The van der Waals surface area contributed by atoms with Gasteiger partial charge in [-0.25, -0.2) is 0 Å². The van der Waals surface area contributed by atoms with Crippen molar-refractivity contribution in [3.8, 4) is 0 Å². The van der Waals surface area contributed by atoms with Crippen molar-refractivity contribution in [3.63, 3.8) is 0 Å². The highest BCUT2D eigenvalue weighted by Crippen LogP contribution is 2.05. The van der Waals surface area contributed by atoms with E-state index < -0.39 is 0 Å². The zero-order chi connectivity index (χ0) is 8.39. The van der Waals surface area contributed by atoms with Crippen molar-refractivity contribution in [2.24, 2.45) is 5.92 Å². The maximum absolute atomic E-state index is 8.73. The summed E-state index contributed by atoms with van der Waals surface area (Å²) >= 11 is 0. The molecule has 74 valence electrons. The highest BCUT2D eigenvalue weighted by atomic mass is 35.5. The summed E-state index contributed by atoms with van der Waals surface area (Å²) in [6, 6.07) is 0. The van der Waals surface area contributed by atoms with E-state index in [-0.39, 0.29) is 19.0 Å². The fourth-order valence-corrected chi connectivity index (χ4v) is 1.24. The zero-order valence-corrected chi connectivity index (χ0v) is 8.00. The Hall–Kier alpha value is -0.650. The molecule has 0 atom stereocenters. The molecule has 0 saturated carbocycles. The molecule has 1 aliphatic heterocycles. The highest BCUT2D eigenvalue weighted by molar-refractivity contribution is 5.85. The van der Waals surface area contributed by atoms with Crippen LogP contribution in [-0.4, -0.2) is 33.2 Å². The largest absolute Gasteiger partial charge is 0.390 e. The minimum absolute atomic E-state index is 0. The smallest absolute Gasteiger partial charge is 0.108 e. The predicted molar refractivity (Wildman–Crippen MR) is 49.6 cm³/mol. The summed E-state index contributed by atoms with van der Waals surface area (Å²) in [5.41, 5.74) is 0.641. The number of aliphatic hydroxyl groups is 1. The third kappa shape index (κ3) is 2.40. The van der Waals surface area contributed by atoms with E-state index >= 15 is 0 Å². The van der Waals surface area contributed by atoms with Crippen molar-refractivity contribution in [1.29, 1.82) is 0 Å². The minimum Gasteiger partial charge on any atom is -0.390 e. The second-order valence-electron chi connectivity index (χ2n) is 3.11. The van der Waals surface area contributed by atoms with Gasteiger partial charge in [0.15, 0.2) is 0 Å². The molecule has 13 heavy (non-hydrogen) atoms. The van der Waals surface area contributed by atoms with Crippen LogP contribution in [0.2, 0.25) is 0 Å². The second-order valence-corrected chi connectivity index (χ2v) is 3.11. The van der Waals surface area contributed by atoms with Crippen LogP contribution in [0.3, 0.4) is 0 Å². The number of aliphatic hydroxyl groups excluding tert-OH is 1. The minimum atomic E-state index is -0.0249. The van der Waals surface area contributed by atoms with Crippen LogP contribution in [0.15, 0.2) is 6.20 Å². The van der Waals surface area contributed by atoms with Crippen LogP contribution in [-0.2, 0) is 13.2 Å². The van der Waals surface area contributed by atoms with Crippen LogP contribution in [0.25, 0.3) is 0 Å². The van der Waals surface area contributed by atoms with E-state index in [1.807, 2.05) is 0 Å². The van der Waals surface area contributed by atoms with E-state index in [1.165, 1.54) is 0 Å². The average molecular weight is 205 g/mol. The molecule has 2 rings (SSSR count). The van der Waals surface area contributed by atoms with Crippen LogP contribution in [0.5, 0.6) is 0 Å². The highest BCUT2D eigenvalue weighted by Gasteiger charge is 2.17. The molecule has 1 aromatic rings. The van der Waals surface area contributed by atoms with Crippen LogP contribution < -0.4 is 5.32 Å². The molecule has 1 saturated heterocycles. The van der Waals surface area contributed by atoms with Crippen LogP contribution in [0, 0.1) is 5.92 Å². The Bertz CT molecular complexity index is 261. The summed E-state index contributed by atoms with van der Waals surface area (Å²) in [5.74, 6) is 0.679. The molecule has 2 heterocycles. The fraction of sp³-hybridized carbons (Fsp3) is 0.714. The summed E-state index contributed by atoms with van der Waals surface area (Å²) in [6.45, 7) is 3.01. The SMILES string of the molecule is Cl.OCc1cn(CC2CNC2)nn1. The third-order valence-electron chi connectivity index (χ3n) is 2.06. The summed E-state index contributed by atoms with van der Waals surface area (Å²) < 4.78 is 1.79. The molecule has 2 N–H and O–H groups in total. The van der Waals surface area contributed by atoms with E-state index in [9.17, 15) is 0 Å². The average Bonchev–Trinajstić information content (AvgIpc) is 2.44. The van der Waals surface area contributed by atoms with Crippen molar-refractivity contribution >= 4 is 12.4 Å². The van der Waals surface area contributed by atoms with Crippen LogP contribution in [0.1, 0.15) is 5.69 Å². The Labute approximate surface area is 82.5 Å². The van der Waals surface area contributed by atoms with Gasteiger partial charge in [0.1, 0.15) is 5.69 Å². The number of hydrogen-bond donors (Lipinski definition) is 2. The van der Waals surface area contributed by atoms with Gasteiger partial charge in [-0.3, -0.25) is 4.68 Å². The van der Waals surface area contributed by atoms with E-state index in [2.05, 4.69) is 15.6 Å². The molecule has 0 amide bonds. The number of nitrogens with one attached hydrogen (secondary N) is 1. The molecular formula is C7H13ClN4O. The molecule has 0 aromatic carbocycles. The van der Waals surface area contributed by atoms with Gasteiger partial charge >= 0.3 is 0 Å². The van der Waals surface area contributed by atoms with E-state index in [0.29, 0.717) is 11.6 Å². The topological polar surface area (TPSA) is 63.0 Å². The summed E-state index contributed by atoms with van der Waals surface area (Å²) in [6.07, 6.45) is 1.79. The number of hydrogen-bond acceptors (Lipinski definition) is 4. The number of halogens is 1. The van der Waals surface area contributed by atoms with Gasteiger partial charge < -0.3 is 10.4 Å². The van der Waals surface area contributed by atoms with E-state index in [1.54, 1.807) is 10.9 Å². The van der Waals surface area contributed by atoms with Gasteiger partial charge in [0.25, 0.3) is 0 Å². The normalized spacial score (nSPS) is 16.4. The molecule has 6 heteroatoms. The lowest BCUT2D eigenvalue weighted by Crippen LogP contribution is -2.44. The van der Waals surface area contributed by atoms with Crippen molar-refractivity contribution < 1.29 is 5.11 Å². The van der Waals surface area contributed by atoms with Gasteiger partial charge in [-0.15, -0.1) is 17.5 Å². The van der Waals surface area contributed by atoms with Gasteiger partial charge in [0, 0.05) is 25.6 Å². The van der Waals surface area contributed by atoms with Gasteiger partial charge in [-0.05, 0) is 0 Å². The lowest BCUT2D eigenvalue weighted by molar-refractivity contribution is 0.276. The molecule has 1 aromatic heterocycles. The molecule has 0 unspecified atom stereocenters. The van der Waals surface area contributed by atoms with Gasteiger partial charge in [-0.1, -0.05) is 5.21 Å². The molecule has 0 aliphatic carbocycles. The Morgan fingerprint density at radius 2 is 2.38 bits per heavy atom. The molecule has 5 nitrogen and oxygen atoms in total. The monoisotopic (exact) mass is 204 g/mol. The Morgan fingerprint density at radius 1 is 1.62 bits per heavy atom. The molecule has 0 spiro atoms.